The van der Waals surface area contributed by atoms with E-state index in [4.69, 9.17) is 21.1 Å². The van der Waals surface area contributed by atoms with Gasteiger partial charge in [0.2, 0.25) is 0 Å². The fourth-order valence-electron chi connectivity index (χ4n) is 4.53. The third-order valence-corrected chi connectivity index (χ3v) is 7.29. The summed E-state index contributed by atoms with van der Waals surface area (Å²) in [6, 6.07) is 5.08. The number of carbonyl (C=O) groups excluding carboxylic acids is 1. The highest BCUT2D eigenvalue weighted by Crippen LogP contribution is 2.48. The number of hydrogen-bond acceptors (Lipinski definition) is 4. The smallest absolute Gasteiger partial charge is 0.273 e. The highest BCUT2D eigenvalue weighted by molar-refractivity contribution is 6.36. The Morgan fingerprint density at radius 1 is 1.29 bits per heavy atom. The number of hydrogen-bond donors (Lipinski definition) is 1. The van der Waals surface area contributed by atoms with Crippen molar-refractivity contribution >= 4 is 17.5 Å². The van der Waals surface area contributed by atoms with Crippen LogP contribution in [-0.2, 0) is 6.54 Å². The SMILES string of the molecule is CCn1nc(C(=O)NCC2CCC(C)CC2)c(Cl)c1-c1ccc(OCC2CC2(F)F)cc1OC. The van der Waals surface area contributed by atoms with E-state index in [0.29, 0.717) is 41.8 Å². The minimum Gasteiger partial charge on any atom is -0.496 e. The van der Waals surface area contributed by atoms with Crippen molar-refractivity contribution in [2.45, 2.75) is 58.4 Å². The molecule has 2 aromatic rings. The van der Waals surface area contributed by atoms with Crippen molar-refractivity contribution in [3.63, 3.8) is 0 Å². The Hall–Kier alpha value is -2.35. The quantitative estimate of drug-likeness (QED) is 0.476. The van der Waals surface area contributed by atoms with Gasteiger partial charge in [0.15, 0.2) is 5.69 Å². The first-order valence-corrected chi connectivity index (χ1v) is 12.3. The van der Waals surface area contributed by atoms with Gasteiger partial charge in [-0.3, -0.25) is 9.48 Å². The molecule has 2 saturated carbocycles. The predicted molar refractivity (Wildman–Crippen MR) is 127 cm³/mol. The van der Waals surface area contributed by atoms with Crippen LogP contribution in [0.4, 0.5) is 8.78 Å². The Morgan fingerprint density at radius 3 is 2.62 bits per heavy atom. The van der Waals surface area contributed by atoms with E-state index in [0.717, 1.165) is 18.8 Å². The first kappa shape index (κ1) is 24.8. The monoisotopic (exact) mass is 495 g/mol. The molecule has 1 unspecified atom stereocenters. The van der Waals surface area contributed by atoms with Crippen LogP contribution < -0.4 is 14.8 Å². The largest absolute Gasteiger partial charge is 0.496 e. The molecule has 0 aliphatic heterocycles. The van der Waals surface area contributed by atoms with Gasteiger partial charge >= 0.3 is 0 Å². The van der Waals surface area contributed by atoms with E-state index >= 15 is 0 Å². The molecule has 0 saturated heterocycles. The summed E-state index contributed by atoms with van der Waals surface area (Å²) in [6.45, 7) is 5.25. The molecule has 186 valence electrons. The molecule has 9 heteroatoms. The predicted octanol–water partition coefficient (Wildman–Crippen LogP) is 5.82. The molecule has 0 radical (unpaired) electrons. The highest BCUT2D eigenvalue weighted by atomic mass is 35.5. The van der Waals surface area contributed by atoms with Crippen molar-refractivity contribution in [1.29, 1.82) is 0 Å². The number of carbonyl (C=O) groups is 1. The van der Waals surface area contributed by atoms with Gasteiger partial charge in [-0.05, 0) is 43.7 Å². The molecule has 6 nitrogen and oxygen atoms in total. The summed E-state index contributed by atoms with van der Waals surface area (Å²) < 4.78 is 39.0. The number of methoxy groups -OCH3 is 1. The molecule has 0 spiro atoms. The number of nitrogens with one attached hydrogen (secondary N) is 1. The van der Waals surface area contributed by atoms with Crippen molar-refractivity contribution in [2.75, 3.05) is 20.3 Å². The Bertz CT molecular complexity index is 1030. The Morgan fingerprint density at radius 2 is 2.00 bits per heavy atom. The molecule has 2 aliphatic rings. The van der Waals surface area contributed by atoms with Crippen LogP contribution in [-0.4, -0.2) is 41.9 Å². The third-order valence-electron chi connectivity index (χ3n) is 6.93. The van der Waals surface area contributed by atoms with E-state index in [2.05, 4.69) is 17.3 Å². The topological polar surface area (TPSA) is 65.4 Å². The molecule has 2 fully saturated rings. The number of benzene rings is 1. The van der Waals surface area contributed by atoms with Crippen LogP contribution in [0.15, 0.2) is 18.2 Å². The minimum atomic E-state index is -2.63. The van der Waals surface area contributed by atoms with Crippen molar-refractivity contribution in [3.05, 3.63) is 28.9 Å². The fourth-order valence-corrected chi connectivity index (χ4v) is 4.85. The van der Waals surface area contributed by atoms with Crippen molar-refractivity contribution in [3.8, 4) is 22.8 Å². The number of nitrogens with zero attached hydrogens (tertiary/aromatic N) is 2. The number of alkyl halides is 2. The standard InChI is InChI=1S/C25H32ClF2N3O3/c1-4-31-23(19-10-9-18(11-20(19)33-3)34-14-17-12-25(17,27)28)21(26)22(30-31)24(32)29-13-16-7-5-15(2)6-8-16/h9-11,15-17H,4-8,12-14H2,1-3H3,(H,29,32). The van der Waals surface area contributed by atoms with Gasteiger partial charge in [-0.1, -0.05) is 31.4 Å². The zero-order chi connectivity index (χ0) is 24.5. The lowest BCUT2D eigenvalue weighted by Crippen LogP contribution is -2.31. The lowest BCUT2D eigenvalue weighted by atomic mass is 9.83. The maximum atomic E-state index is 13.1. The molecule has 1 aromatic carbocycles. The lowest BCUT2D eigenvalue weighted by Gasteiger charge is -2.26. The Kier molecular flexibility index (Phi) is 7.36. The first-order valence-electron chi connectivity index (χ1n) is 12.0. The molecule has 1 N–H and O–H groups in total. The molecule has 34 heavy (non-hydrogen) atoms. The van der Waals surface area contributed by atoms with Gasteiger partial charge in [0.25, 0.3) is 11.8 Å². The van der Waals surface area contributed by atoms with Crippen LogP contribution in [0.25, 0.3) is 11.3 Å². The molecule has 1 heterocycles. The van der Waals surface area contributed by atoms with E-state index in [1.807, 2.05) is 6.92 Å². The number of halogens is 3. The number of ether oxygens (including phenoxy) is 2. The zero-order valence-corrected chi connectivity index (χ0v) is 20.6. The van der Waals surface area contributed by atoms with E-state index < -0.39 is 11.8 Å². The second-order valence-electron chi connectivity index (χ2n) is 9.50. The Balaban J connectivity index is 1.50. The van der Waals surface area contributed by atoms with Gasteiger partial charge < -0.3 is 14.8 Å². The second kappa shape index (κ2) is 10.1. The number of aromatic nitrogens is 2. The van der Waals surface area contributed by atoms with Crippen molar-refractivity contribution < 1.29 is 23.0 Å². The van der Waals surface area contributed by atoms with E-state index in [1.165, 1.54) is 20.0 Å². The highest BCUT2D eigenvalue weighted by Gasteiger charge is 2.57. The van der Waals surface area contributed by atoms with Gasteiger partial charge in [-0.15, -0.1) is 0 Å². The van der Waals surface area contributed by atoms with Gasteiger partial charge in [0.1, 0.15) is 11.5 Å². The van der Waals surface area contributed by atoms with Crippen molar-refractivity contribution in [1.82, 2.24) is 15.1 Å². The average Bonchev–Trinajstić information content (AvgIpc) is 3.30. The summed E-state index contributed by atoms with van der Waals surface area (Å²) in [7, 11) is 1.51. The van der Waals surface area contributed by atoms with Gasteiger partial charge in [-0.2, -0.15) is 5.10 Å². The first-order chi connectivity index (χ1) is 16.2. The van der Waals surface area contributed by atoms with E-state index in [9.17, 15) is 13.6 Å². The Labute approximate surface area is 203 Å². The fraction of sp³-hybridized carbons (Fsp3) is 0.600. The number of rotatable bonds is 9. The van der Waals surface area contributed by atoms with Crippen LogP contribution in [0, 0.1) is 17.8 Å². The molecule has 2 aliphatic carbocycles. The van der Waals surface area contributed by atoms with Gasteiger partial charge in [0, 0.05) is 31.1 Å². The average molecular weight is 496 g/mol. The summed E-state index contributed by atoms with van der Waals surface area (Å²) >= 11 is 6.68. The van der Waals surface area contributed by atoms with Crippen LogP contribution in [0.1, 0.15) is 56.4 Å². The third kappa shape index (κ3) is 5.32. The van der Waals surface area contributed by atoms with Gasteiger partial charge in [-0.25, -0.2) is 8.78 Å². The van der Waals surface area contributed by atoms with Crippen LogP contribution >= 0.6 is 11.6 Å². The molecule has 1 amide bonds. The number of amides is 1. The van der Waals surface area contributed by atoms with Crippen LogP contribution in [0.3, 0.4) is 0 Å². The summed E-state index contributed by atoms with van der Waals surface area (Å²) in [4.78, 5) is 12.9. The molecule has 0 bridgehead atoms. The van der Waals surface area contributed by atoms with E-state index in [-0.39, 0.29) is 29.7 Å². The summed E-state index contributed by atoms with van der Waals surface area (Å²) in [5, 5.41) is 7.72. The molecular formula is C25H32ClF2N3O3. The number of aryl methyl sites for hydroxylation is 1. The molecule has 1 aromatic heterocycles. The van der Waals surface area contributed by atoms with Crippen LogP contribution in [0.5, 0.6) is 11.5 Å². The second-order valence-corrected chi connectivity index (χ2v) is 9.88. The molecular weight excluding hydrogens is 464 g/mol. The van der Waals surface area contributed by atoms with Gasteiger partial charge in [0.05, 0.1) is 30.4 Å². The van der Waals surface area contributed by atoms with Crippen LogP contribution in [0.2, 0.25) is 5.02 Å². The lowest BCUT2D eigenvalue weighted by molar-refractivity contribution is 0.0855. The molecule has 4 rings (SSSR count). The normalized spacial score (nSPS) is 23.4. The summed E-state index contributed by atoms with van der Waals surface area (Å²) in [6.07, 6.45) is 4.48. The molecule has 1 atom stereocenters. The van der Waals surface area contributed by atoms with E-state index in [1.54, 1.807) is 22.9 Å². The maximum Gasteiger partial charge on any atom is 0.273 e. The van der Waals surface area contributed by atoms with Crippen molar-refractivity contribution in [2.24, 2.45) is 17.8 Å². The maximum absolute atomic E-state index is 13.1. The summed E-state index contributed by atoms with van der Waals surface area (Å²) in [5.41, 5.74) is 1.39. The minimum absolute atomic E-state index is 0.0482. The summed E-state index contributed by atoms with van der Waals surface area (Å²) in [5.74, 6) is -1.53. The zero-order valence-electron chi connectivity index (χ0n) is 19.9.